The zero-order valence-electron chi connectivity index (χ0n) is 11.4. The number of fused-ring (bicyclic) bond motifs is 1. The first-order valence-electron chi connectivity index (χ1n) is 6.46. The molecule has 21 heavy (non-hydrogen) atoms. The van der Waals surface area contributed by atoms with Gasteiger partial charge in [0.15, 0.2) is 0 Å². The molecule has 0 aliphatic carbocycles. The summed E-state index contributed by atoms with van der Waals surface area (Å²) in [6.45, 7) is 0. The van der Waals surface area contributed by atoms with E-state index in [2.05, 4.69) is 4.98 Å². The summed E-state index contributed by atoms with van der Waals surface area (Å²) in [5.74, 6) is -0.373. The van der Waals surface area contributed by atoms with E-state index in [0.717, 1.165) is 10.9 Å². The van der Waals surface area contributed by atoms with E-state index >= 15 is 0 Å². The van der Waals surface area contributed by atoms with Gasteiger partial charge in [0.1, 0.15) is 5.75 Å². The molecular formula is C17H13NO3. The molecule has 0 fully saturated rings. The van der Waals surface area contributed by atoms with Crippen molar-refractivity contribution in [1.82, 2.24) is 4.98 Å². The van der Waals surface area contributed by atoms with Crippen molar-refractivity contribution in [3.05, 3.63) is 60.2 Å². The number of benzene rings is 2. The van der Waals surface area contributed by atoms with Gasteiger partial charge in [0.2, 0.25) is 0 Å². The third-order valence-corrected chi connectivity index (χ3v) is 3.32. The highest BCUT2D eigenvalue weighted by Gasteiger charge is 2.12. The molecule has 0 saturated heterocycles. The Kier molecular flexibility index (Phi) is 3.28. The fraction of sp³-hybridized carbons (Fsp3) is 0.0588. The number of para-hydroxylation sites is 1. The van der Waals surface area contributed by atoms with Crippen LogP contribution in [0.15, 0.2) is 54.6 Å². The smallest absolute Gasteiger partial charge is 0.335 e. The van der Waals surface area contributed by atoms with Crippen LogP contribution in [0.1, 0.15) is 10.4 Å². The van der Waals surface area contributed by atoms with Crippen LogP contribution in [0, 0.1) is 0 Å². The Bertz CT molecular complexity index is 827. The lowest BCUT2D eigenvalue weighted by Crippen LogP contribution is -1.98. The van der Waals surface area contributed by atoms with E-state index in [1.165, 1.54) is 6.07 Å². The molecule has 0 aliphatic heterocycles. The minimum absolute atomic E-state index is 0.209. The molecule has 0 saturated carbocycles. The second-order valence-electron chi connectivity index (χ2n) is 4.61. The van der Waals surface area contributed by atoms with Crippen molar-refractivity contribution < 1.29 is 14.6 Å². The van der Waals surface area contributed by atoms with Crippen molar-refractivity contribution in [1.29, 1.82) is 0 Å². The Morgan fingerprint density at radius 3 is 2.67 bits per heavy atom. The molecule has 0 unspecified atom stereocenters. The Hall–Kier alpha value is -2.88. The van der Waals surface area contributed by atoms with Crippen LogP contribution in [-0.4, -0.2) is 23.2 Å². The quantitative estimate of drug-likeness (QED) is 0.795. The van der Waals surface area contributed by atoms with Crippen LogP contribution in [0.25, 0.3) is 22.2 Å². The van der Waals surface area contributed by atoms with Gasteiger partial charge in [0, 0.05) is 10.9 Å². The molecule has 1 aromatic heterocycles. The molecule has 0 radical (unpaired) electrons. The van der Waals surface area contributed by atoms with Gasteiger partial charge in [-0.3, -0.25) is 0 Å². The number of hydrogen-bond donors (Lipinski definition) is 1. The fourth-order valence-electron chi connectivity index (χ4n) is 2.26. The number of carbonyl (C=O) groups is 1. The molecule has 0 spiro atoms. The molecule has 3 aromatic rings. The van der Waals surface area contributed by atoms with Crippen molar-refractivity contribution >= 4 is 16.9 Å². The predicted molar refractivity (Wildman–Crippen MR) is 80.7 cm³/mol. The Morgan fingerprint density at radius 1 is 1.10 bits per heavy atom. The molecule has 4 nitrogen and oxygen atoms in total. The molecule has 0 aliphatic rings. The first-order chi connectivity index (χ1) is 10.2. The molecule has 3 rings (SSSR count). The van der Waals surface area contributed by atoms with Gasteiger partial charge < -0.3 is 9.84 Å². The van der Waals surface area contributed by atoms with Crippen molar-refractivity contribution in [2.75, 3.05) is 7.11 Å². The second-order valence-corrected chi connectivity index (χ2v) is 4.61. The second kappa shape index (κ2) is 5.25. The monoisotopic (exact) mass is 279 g/mol. The van der Waals surface area contributed by atoms with E-state index in [-0.39, 0.29) is 5.56 Å². The standard InChI is InChI=1S/C17H13NO3/c1-21-16-9-7-12(17(19)20)10-13(16)15-8-6-11-4-2-3-5-14(11)18-15/h2-10H,1H3,(H,19,20). The van der Waals surface area contributed by atoms with Gasteiger partial charge in [0.25, 0.3) is 0 Å². The summed E-state index contributed by atoms with van der Waals surface area (Å²) in [4.78, 5) is 15.7. The summed E-state index contributed by atoms with van der Waals surface area (Å²) >= 11 is 0. The minimum Gasteiger partial charge on any atom is -0.496 e. The number of carboxylic acids is 1. The molecule has 0 bridgehead atoms. The molecule has 1 N–H and O–H groups in total. The van der Waals surface area contributed by atoms with Gasteiger partial charge in [-0.1, -0.05) is 24.3 Å². The molecular weight excluding hydrogens is 266 g/mol. The van der Waals surface area contributed by atoms with E-state index in [1.54, 1.807) is 19.2 Å². The van der Waals surface area contributed by atoms with Crippen LogP contribution in [0.2, 0.25) is 0 Å². The van der Waals surface area contributed by atoms with E-state index < -0.39 is 5.97 Å². The van der Waals surface area contributed by atoms with E-state index in [4.69, 9.17) is 9.84 Å². The van der Waals surface area contributed by atoms with Gasteiger partial charge in [-0.25, -0.2) is 9.78 Å². The highest BCUT2D eigenvalue weighted by molar-refractivity contribution is 5.91. The SMILES string of the molecule is COc1ccc(C(=O)O)cc1-c1ccc2ccccc2n1. The Labute approximate surface area is 121 Å². The molecule has 0 amide bonds. The van der Waals surface area contributed by atoms with Crippen molar-refractivity contribution in [3.63, 3.8) is 0 Å². The number of ether oxygens (including phenoxy) is 1. The van der Waals surface area contributed by atoms with Gasteiger partial charge >= 0.3 is 5.97 Å². The average molecular weight is 279 g/mol. The van der Waals surface area contributed by atoms with Crippen LogP contribution in [0.5, 0.6) is 5.75 Å². The number of hydrogen-bond acceptors (Lipinski definition) is 3. The molecule has 2 aromatic carbocycles. The minimum atomic E-state index is -0.973. The van der Waals surface area contributed by atoms with Gasteiger partial charge in [-0.15, -0.1) is 0 Å². The predicted octanol–water partition coefficient (Wildman–Crippen LogP) is 3.61. The largest absolute Gasteiger partial charge is 0.496 e. The van der Waals surface area contributed by atoms with Crippen LogP contribution in [0.4, 0.5) is 0 Å². The summed E-state index contributed by atoms with van der Waals surface area (Å²) < 4.78 is 5.31. The number of carboxylic acid groups (broad SMARTS) is 1. The van der Waals surface area contributed by atoms with Crippen LogP contribution in [0.3, 0.4) is 0 Å². The van der Waals surface area contributed by atoms with Gasteiger partial charge in [-0.2, -0.15) is 0 Å². The summed E-state index contributed by atoms with van der Waals surface area (Å²) in [5.41, 5.74) is 2.43. The van der Waals surface area contributed by atoms with Crippen LogP contribution >= 0.6 is 0 Å². The third-order valence-electron chi connectivity index (χ3n) is 3.32. The van der Waals surface area contributed by atoms with Gasteiger partial charge in [-0.05, 0) is 30.3 Å². The highest BCUT2D eigenvalue weighted by atomic mass is 16.5. The molecule has 0 atom stereocenters. The average Bonchev–Trinajstić information content (AvgIpc) is 2.53. The number of pyridine rings is 1. The van der Waals surface area contributed by atoms with Crippen LogP contribution < -0.4 is 4.74 Å². The van der Waals surface area contributed by atoms with Gasteiger partial charge in [0.05, 0.1) is 23.9 Å². The topological polar surface area (TPSA) is 59.4 Å². The number of aromatic carboxylic acids is 1. The van der Waals surface area contributed by atoms with Crippen LogP contribution in [-0.2, 0) is 0 Å². The fourth-order valence-corrected chi connectivity index (χ4v) is 2.26. The Balaban J connectivity index is 2.20. The number of aromatic nitrogens is 1. The summed E-state index contributed by atoms with van der Waals surface area (Å²) in [6, 6.07) is 16.4. The zero-order valence-corrected chi connectivity index (χ0v) is 11.4. The summed E-state index contributed by atoms with van der Waals surface area (Å²) in [6.07, 6.45) is 0. The first-order valence-corrected chi connectivity index (χ1v) is 6.46. The molecule has 104 valence electrons. The van der Waals surface area contributed by atoms with E-state index in [9.17, 15) is 4.79 Å². The van der Waals surface area contributed by atoms with E-state index in [0.29, 0.717) is 17.0 Å². The van der Waals surface area contributed by atoms with Crippen molar-refractivity contribution in [3.8, 4) is 17.0 Å². The lowest BCUT2D eigenvalue weighted by atomic mass is 10.0. The third kappa shape index (κ3) is 2.43. The summed E-state index contributed by atoms with van der Waals surface area (Å²) in [5, 5.41) is 10.2. The summed E-state index contributed by atoms with van der Waals surface area (Å²) in [7, 11) is 1.56. The van der Waals surface area contributed by atoms with E-state index in [1.807, 2.05) is 36.4 Å². The molecule has 4 heteroatoms. The maximum absolute atomic E-state index is 11.1. The lowest BCUT2D eigenvalue weighted by molar-refractivity contribution is 0.0697. The normalized spacial score (nSPS) is 10.5. The highest BCUT2D eigenvalue weighted by Crippen LogP contribution is 2.30. The lowest BCUT2D eigenvalue weighted by Gasteiger charge is -2.10. The first kappa shape index (κ1) is 13.1. The molecule has 1 heterocycles. The maximum Gasteiger partial charge on any atom is 0.335 e. The number of methoxy groups -OCH3 is 1. The zero-order chi connectivity index (χ0) is 14.8. The Morgan fingerprint density at radius 2 is 1.90 bits per heavy atom. The maximum atomic E-state index is 11.1. The number of rotatable bonds is 3. The van der Waals surface area contributed by atoms with Crippen molar-refractivity contribution in [2.45, 2.75) is 0 Å². The number of nitrogens with zero attached hydrogens (tertiary/aromatic N) is 1. The van der Waals surface area contributed by atoms with Crippen molar-refractivity contribution in [2.24, 2.45) is 0 Å².